The summed E-state index contributed by atoms with van der Waals surface area (Å²) in [6.45, 7) is 1.61. The van der Waals surface area contributed by atoms with E-state index in [-0.39, 0.29) is 6.10 Å². The van der Waals surface area contributed by atoms with E-state index >= 15 is 0 Å². The second-order valence-electron chi connectivity index (χ2n) is 6.53. The minimum absolute atomic E-state index is 0.253. The summed E-state index contributed by atoms with van der Waals surface area (Å²) in [5.41, 5.74) is 3.54. The SMILES string of the molecule is c1ccc(-c2nnn3c2nc(NCC2CCCO2)c2ccccc23)cc1. The number of nitrogens with one attached hydrogen (secondary N) is 1. The number of anilines is 1. The second-order valence-corrected chi connectivity index (χ2v) is 6.53. The Morgan fingerprint density at radius 2 is 1.92 bits per heavy atom. The fourth-order valence-corrected chi connectivity index (χ4v) is 3.50. The highest BCUT2D eigenvalue weighted by atomic mass is 16.5. The van der Waals surface area contributed by atoms with Crippen LogP contribution in [0.3, 0.4) is 0 Å². The van der Waals surface area contributed by atoms with E-state index in [0.29, 0.717) is 0 Å². The number of fused-ring (bicyclic) bond motifs is 3. The molecule has 0 radical (unpaired) electrons. The Bertz CT molecular complexity index is 1050. The molecule has 1 unspecified atom stereocenters. The molecule has 2 aromatic heterocycles. The Kier molecular flexibility index (Phi) is 3.75. The molecule has 3 heterocycles. The Labute approximate surface area is 150 Å². The first-order valence-electron chi connectivity index (χ1n) is 8.95. The van der Waals surface area contributed by atoms with Crippen molar-refractivity contribution in [3.05, 3.63) is 54.6 Å². The maximum Gasteiger partial charge on any atom is 0.186 e. The third kappa shape index (κ3) is 2.59. The molecule has 6 heteroatoms. The highest BCUT2D eigenvalue weighted by Crippen LogP contribution is 2.28. The average molecular weight is 345 g/mol. The van der Waals surface area contributed by atoms with Gasteiger partial charge in [-0.05, 0) is 25.0 Å². The molecule has 1 aliphatic heterocycles. The first-order valence-corrected chi connectivity index (χ1v) is 8.95. The van der Waals surface area contributed by atoms with E-state index in [1.54, 1.807) is 0 Å². The molecule has 130 valence electrons. The van der Waals surface area contributed by atoms with Gasteiger partial charge in [-0.2, -0.15) is 4.52 Å². The fraction of sp³-hybridized carbons (Fsp3) is 0.250. The molecule has 4 aromatic rings. The average Bonchev–Trinajstić information content (AvgIpc) is 3.36. The van der Waals surface area contributed by atoms with Gasteiger partial charge in [0, 0.05) is 24.1 Å². The molecule has 1 atom stereocenters. The Morgan fingerprint density at radius 3 is 2.77 bits per heavy atom. The summed E-state index contributed by atoms with van der Waals surface area (Å²) >= 11 is 0. The number of para-hydroxylation sites is 1. The summed E-state index contributed by atoms with van der Waals surface area (Å²) < 4.78 is 7.55. The normalized spacial score (nSPS) is 17.2. The van der Waals surface area contributed by atoms with Crippen LogP contribution in [-0.2, 0) is 4.74 Å². The summed E-state index contributed by atoms with van der Waals surface area (Å²) in [6.07, 6.45) is 2.48. The molecule has 1 N–H and O–H groups in total. The van der Waals surface area contributed by atoms with Crippen LogP contribution in [0.4, 0.5) is 5.82 Å². The molecule has 5 rings (SSSR count). The molecule has 1 fully saturated rings. The van der Waals surface area contributed by atoms with Gasteiger partial charge in [-0.25, -0.2) is 4.98 Å². The molecular formula is C20H19N5O. The number of rotatable bonds is 4. The predicted octanol–water partition coefficient (Wildman–Crippen LogP) is 3.54. The van der Waals surface area contributed by atoms with Crippen LogP contribution in [0.5, 0.6) is 0 Å². The van der Waals surface area contributed by atoms with Crippen LogP contribution in [0.15, 0.2) is 54.6 Å². The van der Waals surface area contributed by atoms with Crippen molar-refractivity contribution >= 4 is 22.4 Å². The van der Waals surface area contributed by atoms with E-state index in [1.165, 1.54) is 0 Å². The van der Waals surface area contributed by atoms with Gasteiger partial charge in [0.05, 0.1) is 11.6 Å². The number of aromatic nitrogens is 4. The third-order valence-corrected chi connectivity index (χ3v) is 4.82. The van der Waals surface area contributed by atoms with Crippen molar-refractivity contribution in [2.24, 2.45) is 0 Å². The van der Waals surface area contributed by atoms with E-state index in [9.17, 15) is 0 Å². The molecule has 0 spiro atoms. The molecule has 1 saturated heterocycles. The van der Waals surface area contributed by atoms with Crippen molar-refractivity contribution in [3.63, 3.8) is 0 Å². The number of ether oxygens (including phenoxy) is 1. The zero-order chi connectivity index (χ0) is 17.3. The van der Waals surface area contributed by atoms with E-state index in [2.05, 4.69) is 21.7 Å². The van der Waals surface area contributed by atoms with Crippen molar-refractivity contribution in [2.75, 3.05) is 18.5 Å². The zero-order valence-corrected chi connectivity index (χ0v) is 14.3. The minimum Gasteiger partial charge on any atom is -0.376 e. The predicted molar refractivity (Wildman–Crippen MR) is 101 cm³/mol. The van der Waals surface area contributed by atoms with Gasteiger partial charge in [0.1, 0.15) is 11.5 Å². The zero-order valence-electron chi connectivity index (χ0n) is 14.3. The first-order chi connectivity index (χ1) is 12.9. The lowest BCUT2D eigenvalue weighted by Gasteiger charge is -2.13. The second kappa shape index (κ2) is 6.38. The van der Waals surface area contributed by atoms with Crippen LogP contribution >= 0.6 is 0 Å². The van der Waals surface area contributed by atoms with Gasteiger partial charge in [0.25, 0.3) is 0 Å². The number of benzene rings is 2. The maximum absolute atomic E-state index is 5.73. The third-order valence-electron chi connectivity index (χ3n) is 4.82. The molecule has 26 heavy (non-hydrogen) atoms. The quantitative estimate of drug-likeness (QED) is 0.613. The molecule has 0 bridgehead atoms. The number of hydrogen-bond acceptors (Lipinski definition) is 5. The van der Waals surface area contributed by atoms with Crippen LogP contribution in [0.1, 0.15) is 12.8 Å². The van der Waals surface area contributed by atoms with Crippen molar-refractivity contribution < 1.29 is 4.74 Å². The van der Waals surface area contributed by atoms with Crippen LogP contribution in [0.25, 0.3) is 27.8 Å². The van der Waals surface area contributed by atoms with E-state index < -0.39 is 0 Å². The molecule has 0 saturated carbocycles. The molecule has 6 nitrogen and oxygen atoms in total. The lowest BCUT2D eigenvalue weighted by atomic mass is 10.1. The van der Waals surface area contributed by atoms with Crippen LogP contribution < -0.4 is 5.32 Å². The number of nitrogens with zero attached hydrogens (tertiary/aromatic N) is 4. The lowest BCUT2D eigenvalue weighted by Crippen LogP contribution is -2.19. The van der Waals surface area contributed by atoms with Crippen molar-refractivity contribution in [2.45, 2.75) is 18.9 Å². The maximum atomic E-state index is 5.73. The van der Waals surface area contributed by atoms with E-state index in [1.807, 2.05) is 53.0 Å². The van der Waals surface area contributed by atoms with Gasteiger partial charge in [-0.3, -0.25) is 0 Å². The van der Waals surface area contributed by atoms with Gasteiger partial charge in [-0.1, -0.05) is 47.7 Å². The van der Waals surface area contributed by atoms with Gasteiger partial charge in [0.15, 0.2) is 5.65 Å². The summed E-state index contributed by atoms with van der Waals surface area (Å²) in [4.78, 5) is 4.87. The van der Waals surface area contributed by atoms with Crippen LogP contribution in [-0.4, -0.2) is 39.1 Å². The summed E-state index contributed by atoms with van der Waals surface area (Å²) in [5.74, 6) is 0.850. The fourth-order valence-electron chi connectivity index (χ4n) is 3.50. The summed E-state index contributed by atoms with van der Waals surface area (Å²) in [7, 11) is 0. The van der Waals surface area contributed by atoms with E-state index in [0.717, 1.165) is 59.6 Å². The monoisotopic (exact) mass is 345 g/mol. The molecule has 0 aliphatic carbocycles. The van der Waals surface area contributed by atoms with Gasteiger partial charge >= 0.3 is 0 Å². The van der Waals surface area contributed by atoms with Crippen LogP contribution in [0.2, 0.25) is 0 Å². The molecule has 0 amide bonds. The van der Waals surface area contributed by atoms with E-state index in [4.69, 9.17) is 9.72 Å². The number of hydrogen-bond donors (Lipinski definition) is 1. The minimum atomic E-state index is 0.253. The highest BCUT2D eigenvalue weighted by molar-refractivity contribution is 5.93. The Balaban J connectivity index is 1.64. The molecule has 1 aliphatic rings. The summed E-state index contributed by atoms with van der Waals surface area (Å²) in [6, 6.07) is 18.2. The lowest BCUT2D eigenvalue weighted by molar-refractivity contribution is 0.120. The molecular weight excluding hydrogens is 326 g/mol. The highest BCUT2D eigenvalue weighted by Gasteiger charge is 2.18. The van der Waals surface area contributed by atoms with Crippen LogP contribution in [0, 0.1) is 0 Å². The summed E-state index contributed by atoms with van der Waals surface area (Å²) in [5, 5.41) is 13.3. The van der Waals surface area contributed by atoms with Crippen molar-refractivity contribution in [1.29, 1.82) is 0 Å². The van der Waals surface area contributed by atoms with Gasteiger partial charge < -0.3 is 10.1 Å². The topological polar surface area (TPSA) is 64.3 Å². The smallest absolute Gasteiger partial charge is 0.186 e. The Morgan fingerprint density at radius 1 is 1.08 bits per heavy atom. The first kappa shape index (κ1) is 15.3. The molecule has 2 aromatic carbocycles. The Hall–Kier alpha value is -2.99. The van der Waals surface area contributed by atoms with Gasteiger partial charge in [-0.15, -0.1) is 5.10 Å². The van der Waals surface area contributed by atoms with Crippen molar-refractivity contribution in [1.82, 2.24) is 19.8 Å². The van der Waals surface area contributed by atoms with Gasteiger partial charge in [0.2, 0.25) is 0 Å². The standard InChI is InChI=1S/C20H19N5O/c1-2-7-14(8-3-1)18-20-22-19(21-13-15-9-6-12-26-15)16-10-4-5-11-17(16)25(20)24-23-18/h1-5,7-8,10-11,15H,6,9,12-13H2,(H,21,22). The van der Waals surface area contributed by atoms with Crippen molar-refractivity contribution in [3.8, 4) is 11.3 Å². The largest absolute Gasteiger partial charge is 0.376 e.